The summed E-state index contributed by atoms with van der Waals surface area (Å²) in [6.45, 7) is -0.819. The zero-order valence-corrected chi connectivity index (χ0v) is 20.3. The molecule has 1 aromatic rings. The fraction of sp³-hybridized carbons (Fsp3) is 0.412. The van der Waals surface area contributed by atoms with E-state index in [-0.39, 0.29) is 31.1 Å². The van der Waals surface area contributed by atoms with E-state index in [1.807, 2.05) is 0 Å². The van der Waals surface area contributed by atoms with E-state index in [9.17, 15) is 23.7 Å². The maximum atomic E-state index is 12.5. The molecule has 32 heavy (non-hydrogen) atoms. The summed E-state index contributed by atoms with van der Waals surface area (Å²) < 4.78 is 41.9. The number of carboxylic acids is 1. The maximum absolute atomic E-state index is 12.5. The predicted molar refractivity (Wildman–Crippen MR) is 100 cm³/mol. The second-order valence-corrected chi connectivity index (χ2v) is 7.78. The van der Waals surface area contributed by atoms with Crippen molar-refractivity contribution in [1.82, 2.24) is 0 Å². The van der Waals surface area contributed by atoms with E-state index in [1.165, 1.54) is 18.2 Å². The number of hydrogen-bond donors (Lipinski definition) is 1. The van der Waals surface area contributed by atoms with Crippen LogP contribution in [0.25, 0.3) is 0 Å². The van der Waals surface area contributed by atoms with Crippen LogP contribution in [0.4, 0.5) is 4.79 Å². The number of rotatable bonds is 10. The molecular weight excluding hydrogens is 720 g/mol. The summed E-state index contributed by atoms with van der Waals surface area (Å²) in [6, 6.07) is 3.89. The van der Waals surface area contributed by atoms with E-state index >= 15 is 0 Å². The van der Waals surface area contributed by atoms with Crippen molar-refractivity contribution in [1.29, 1.82) is 0 Å². The van der Waals surface area contributed by atoms with Gasteiger partial charge in [0.15, 0.2) is 0 Å². The van der Waals surface area contributed by atoms with Gasteiger partial charge >= 0.3 is 31.2 Å². The molecule has 0 bridgehead atoms. The summed E-state index contributed by atoms with van der Waals surface area (Å²) in [7, 11) is -3.96. The van der Waals surface area contributed by atoms with E-state index in [2.05, 4.69) is 9.47 Å². The van der Waals surface area contributed by atoms with Crippen molar-refractivity contribution >= 4 is 42.8 Å². The smallest absolute Gasteiger partial charge is 0.481 e. The van der Waals surface area contributed by atoms with Gasteiger partial charge in [-0.15, -0.1) is 0 Å². The molecule has 1 aliphatic rings. The van der Waals surface area contributed by atoms with Gasteiger partial charge in [-0.25, -0.2) is 14.2 Å². The molecule has 0 spiro atoms. The van der Waals surface area contributed by atoms with Gasteiger partial charge in [-0.2, -0.15) is 0 Å². The average Bonchev–Trinajstić information content (AvgIpc) is 2.71. The van der Waals surface area contributed by atoms with Gasteiger partial charge in [0.25, 0.3) is 0 Å². The summed E-state index contributed by atoms with van der Waals surface area (Å²) in [5.41, 5.74) is -1.00. The van der Waals surface area contributed by atoms with E-state index in [0.29, 0.717) is 12.0 Å². The number of benzene rings is 1. The van der Waals surface area contributed by atoms with Crippen LogP contribution in [-0.4, -0.2) is 48.4 Å². The molecule has 0 saturated carbocycles. The monoisotopic (exact) mass is 737 g/mol. The predicted octanol–water partition coefficient (Wildman–Crippen LogP) is 3.01. The number of carbonyl (C=O) groups excluding carboxylic acids is 3. The molecule has 12 nitrogen and oxygen atoms in total. The number of halogens is 1. The molecule has 1 N–H and O–H groups in total. The van der Waals surface area contributed by atoms with Crippen LogP contribution in [0.1, 0.15) is 35.2 Å². The molecule has 0 aliphatic carbocycles. The molecule has 0 unspecified atom stereocenters. The number of phosphoric ester groups is 1. The molecule has 0 aromatic heterocycles. The quantitative estimate of drug-likeness (QED) is 0.162. The number of hydrogen-bond acceptors (Lipinski definition) is 11. The Kier molecular flexibility index (Phi) is 10.1. The first-order valence-corrected chi connectivity index (χ1v) is 10.6. The molecule has 1 saturated heterocycles. The molecular formula is C17H18ClFmO12P. The zero-order valence-electron chi connectivity index (χ0n) is 16.2. The molecule has 1 aromatic carbocycles. The minimum Gasteiger partial charge on any atom is -0.481 e. The van der Waals surface area contributed by atoms with Crippen LogP contribution >= 0.6 is 19.4 Å². The van der Waals surface area contributed by atoms with Crippen molar-refractivity contribution < 1.29 is 56.6 Å². The largest absolute Gasteiger partial charge is 0.530 e. The summed E-state index contributed by atoms with van der Waals surface area (Å²) in [5, 5.41) is 8.52. The SMILES string of the molecule is O=C(O)CCC(=O)OCOC(=O)c1cc(COC(=O)Cl)ccc1OP1(=O)OCCCO1.[Fm]. The number of phosphoric acid groups is 1. The Morgan fingerprint density at radius 1 is 1.06 bits per heavy atom. The number of ether oxygens (including phenoxy) is 3. The molecule has 15 heteroatoms. The Bertz CT molecular complexity index is 882. The summed E-state index contributed by atoms with van der Waals surface area (Å²) >= 11 is 5.12. The van der Waals surface area contributed by atoms with Crippen LogP contribution in [0.15, 0.2) is 18.2 Å². The first-order valence-electron chi connectivity index (χ1n) is 8.77. The number of esters is 2. The van der Waals surface area contributed by atoms with Crippen LogP contribution in [0.5, 0.6) is 5.75 Å². The number of aliphatic carboxylic acids is 1. The van der Waals surface area contributed by atoms with E-state index in [1.54, 1.807) is 0 Å². The van der Waals surface area contributed by atoms with Gasteiger partial charge in [-0.1, -0.05) is 6.07 Å². The van der Waals surface area contributed by atoms with E-state index in [4.69, 9.17) is 35.0 Å². The van der Waals surface area contributed by atoms with Crippen LogP contribution in [0.3, 0.4) is 0 Å². The van der Waals surface area contributed by atoms with Crippen LogP contribution < -0.4 is 4.52 Å². The molecule has 0 amide bonds. The minimum atomic E-state index is -3.96. The Labute approximate surface area is 180 Å². The van der Waals surface area contributed by atoms with Gasteiger partial charge in [0.2, 0.25) is 6.79 Å². The molecule has 182 valence electrons. The number of carbonyl (C=O) groups is 4. The Hall–Kier alpha value is -3.66. The molecule has 2 rings (SSSR count). The summed E-state index contributed by atoms with van der Waals surface area (Å²) in [5.74, 6) is -3.33. The Morgan fingerprint density at radius 2 is 1.75 bits per heavy atom. The van der Waals surface area contributed by atoms with E-state index in [0.717, 1.165) is 0 Å². The maximum Gasteiger partial charge on any atom is 0.530 e. The molecule has 1 heterocycles. The first kappa shape index (κ1) is 26.4. The Balaban J connectivity index is 0.00000512. The minimum absolute atomic E-state index is 0. The normalized spacial score (nSPS) is 14.4. The van der Waals surface area contributed by atoms with Crippen molar-refractivity contribution in [3.05, 3.63) is 29.3 Å². The first-order chi connectivity index (χ1) is 14.7. The molecule has 0 atom stereocenters. The second-order valence-electron chi connectivity index (χ2n) is 5.88. The van der Waals surface area contributed by atoms with Gasteiger partial charge in [0.1, 0.15) is 17.9 Å². The fourth-order valence-electron chi connectivity index (χ4n) is 2.18. The van der Waals surface area contributed by atoms with Crippen molar-refractivity contribution in [2.45, 2.75) is 25.9 Å². The average molecular weight is 738 g/mol. The van der Waals surface area contributed by atoms with Crippen LogP contribution in [0.2, 0.25) is 0 Å². The van der Waals surface area contributed by atoms with Crippen molar-refractivity contribution in [3.63, 3.8) is 0 Å². The van der Waals surface area contributed by atoms with E-state index < -0.39 is 50.8 Å². The van der Waals surface area contributed by atoms with Crippen LogP contribution in [0, 0.1) is 0 Å². The van der Waals surface area contributed by atoms with Gasteiger partial charge in [-0.3, -0.25) is 18.6 Å². The number of carboxylic acid groups (broad SMARTS) is 1. The topological polar surface area (TPSA) is 161 Å². The second kappa shape index (κ2) is 12.3. The van der Waals surface area contributed by atoms with Gasteiger partial charge in [0, 0.05) is 11.6 Å². The third kappa shape index (κ3) is 8.60. The third-order valence-corrected chi connectivity index (χ3v) is 5.09. The Morgan fingerprint density at radius 3 is 2.38 bits per heavy atom. The standard InChI is InChI=1S/C17H18ClO12P.Fm/c18-17(23)25-9-11-2-3-13(30-31(24)28-6-1-7-29-31)12(8-11)16(22)27-10-26-15(21)5-4-14(19)20;/h2-3,8H,1,4-7,9-10H2,(H,19,20);. The van der Waals surface area contributed by atoms with Crippen molar-refractivity contribution in [2.75, 3.05) is 20.0 Å². The van der Waals surface area contributed by atoms with Crippen molar-refractivity contribution in [2.24, 2.45) is 0 Å². The summed E-state index contributed by atoms with van der Waals surface area (Å²) in [6.07, 6.45) is -0.335. The molecule has 1 aliphatic heterocycles. The van der Waals surface area contributed by atoms with Gasteiger partial charge in [-0.05, 0) is 24.1 Å². The van der Waals surface area contributed by atoms with Crippen molar-refractivity contribution in [3.8, 4) is 5.75 Å². The van der Waals surface area contributed by atoms with Crippen LogP contribution in [-0.2, 0) is 44.0 Å². The zero-order chi connectivity index (χ0) is 22.9. The van der Waals surface area contributed by atoms with Gasteiger partial charge in [0.05, 0.1) is 26.1 Å². The fourth-order valence-corrected chi connectivity index (χ4v) is 3.52. The van der Waals surface area contributed by atoms with Gasteiger partial charge < -0.3 is 23.8 Å². The summed E-state index contributed by atoms with van der Waals surface area (Å²) in [4.78, 5) is 45.1. The molecule has 1 fully saturated rings. The third-order valence-electron chi connectivity index (χ3n) is 3.57. The molecule has 0 radical (unpaired) electrons.